The van der Waals surface area contributed by atoms with Crippen molar-refractivity contribution < 1.29 is 4.79 Å². The lowest BCUT2D eigenvalue weighted by atomic mass is 10.1. The van der Waals surface area contributed by atoms with Crippen LogP contribution in [0.25, 0.3) is 0 Å². The average Bonchev–Trinajstić information content (AvgIpc) is 2.82. The summed E-state index contributed by atoms with van der Waals surface area (Å²) in [6.07, 6.45) is 1.82. The number of aromatic nitrogens is 2. The fourth-order valence-corrected chi connectivity index (χ4v) is 2.34. The van der Waals surface area contributed by atoms with Crippen molar-refractivity contribution in [2.45, 2.75) is 46.6 Å². The van der Waals surface area contributed by atoms with Gasteiger partial charge in [-0.1, -0.05) is 13.8 Å². The Bertz CT molecular complexity index is 464. The Hall–Kier alpha value is -1.83. The summed E-state index contributed by atoms with van der Waals surface area (Å²) in [5, 5.41) is 13.1. The lowest BCUT2D eigenvalue weighted by Gasteiger charge is -2.31. The van der Waals surface area contributed by atoms with Crippen LogP contribution in [0.5, 0.6) is 0 Å². The molecule has 0 atom stereocenters. The van der Waals surface area contributed by atoms with Crippen LogP contribution in [0.4, 0.5) is 0 Å². The molecule has 5 nitrogen and oxygen atoms in total. The van der Waals surface area contributed by atoms with E-state index in [-0.39, 0.29) is 5.91 Å². The Kier molecular flexibility index (Phi) is 5.56. The maximum Gasteiger partial charge on any atom is 0.219 e. The second kappa shape index (κ2) is 6.93. The van der Waals surface area contributed by atoms with Crippen molar-refractivity contribution in [2.24, 2.45) is 0 Å². The molecule has 5 heteroatoms. The van der Waals surface area contributed by atoms with E-state index in [9.17, 15) is 4.79 Å². The molecule has 1 aliphatic rings. The van der Waals surface area contributed by atoms with Crippen molar-refractivity contribution in [2.75, 3.05) is 13.1 Å². The van der Waals surface area contributed by atoms with Crippen LogP contribution in [0.15, 0.2) is 6.07 Å². The largest absolute Gasteiger partial charge is 0.343 e. The van der Waals surface area contributed by atoms with Gasteiger partial charge < -0.3 is 4.90 Å². The number of piperidine rings is 1. The van der Waals surface area contributed by atoms with E-state index in [2.05, 4.69) is 11.2 Å². The van der Waals surface area contributed by atoms with Gasteiger partial charge in [-0.15, -0.1) is 0 Å². The van der Waals surface area contributed by atoms with Crippen molar-refractivity contribution in [1.29, 1.82) is 5.26 Å². The summed E-state index contributed by atoms with van der Waals surface area (Å²) in [4.78, 5) is 13.1. The number of aryl methyl sites for hydroxylation is 1. The minimum absolute atomic E-state index is 0.137. The smallest absolute Gasteiger partial charge is 0.219 e. The zero-order valence-electron chi connectivity index (χ0n) is 12.2. The van der Waals surface area contributed by atoms with Crippen LogP contribution in [0, 0.1) is 18.3 Å². The maximum atomic E-state index is 11.2. The van der Waals surface area contributed by atoms with E-state index in [1.54, 1.807) is 13.0 Å². The molecule has 0 spiro atoms. The highest BCUT2D eigenvalue weighted by Gasteiger charge is 2.23. The minimum Gasteiger partial charge on any atom is -0.343 e. The van der Waals surface area contributed by atoms with E-state index in [0.29, 0.717) is 11.7 Å². The van der Waals surface area contributed by atoms with E-state index in [1.807, 2.05) is 30.4 Å². The molecule has 2 heterocycles. The summed E-state index contributed by atoms with van der Waals surface area (Å²) in [6, 6.07) is 4.17. The maximum absolute atomic E-state index is 11.2. The van der Waals surface area contributed by atoms with Crippen molar-refractivity contribution in [3.63, 3.8) is 0 Å². The highest BCUT2D eigenvalue weighted by Crippen LogP contribution is 2.23. The van der Waals surface area contributed by atoms with Gasteiger partial charge in [-0.05, 0) is 25.8 Å². The molecule has 0 bridgehead atoms. The van der Waals surface area contributed by atoms with E-state index < -0.39 is 0 Å². The Labute approximate surface area is 114 Å². The lowest BCUT2D eigenvalue weighted by Crippen LogP contribution is -2.38. The number of amides is 1. The highest BCUT2D eigenvalue weighted by molar-refractivity contribution is 5.73. The molecule has 0 radical (unpaired) electrons. The highest BCUT2D eigenvalue weighted by atomic mass is 16.2. The Morgan fingerprint density at radius 1 is 1.42 bits per heavy atom. The number of hydrogen-bond donors (Lipinski definition) is 0. The molecule has 1 aromatic rings. The van der Waals surface area contributed by atoms with Crippen molar-refractivity contribution in [3.05, 3.63) is 17.5 Å². The molecule has 104 valence electrons. The molecule has 0 N–H and O–H groups in total. The third-order valence-electron chi connectivity index (χ3n) is 3.29. The summed E-state index contributed by atoms with van der Waals surface area (Å²) >= 11 is 0. The molecule has 2 rings (SSSR count). The number of carbonyl (C=O) groups is 1. The molecular formula is C14H22N4O. The van der Waals surface area contributed by atoms with Crippen LogP contribution in [0.3, 0.4) is 0 Å². The van der Waals surface area contributed by atoms with Gasteiger partial charge in [0.1, 0.15) is 6.07 Å². The fourth-order valence-electron chi connectivity index (χ4n) is 2.34. The first-order chi connectivity index (χ1) is 9.11. The Morgan fingerprint density at radius 2 is 2.00 bits per heavy atom. The molecular weight excluding hydrogens is 240 g/mol. The minimum atomic E-state index is 0.137. The van der Waals surface area contributed by atoms with Crippen LogP contribution in [-0.2, 0) is 4.79 Å². The number of nitriles is 1. The van der Waals surface area contributed by atoms with Crippen LogP contribution in [-0.4, -0.2) is 33.7 Å². The molecule has 0 unspecified atom stereocenters. The second-order valence-electron chi connectivity index (χ2n) is 4.46. The predicted octanol–water partition coefficient (Wildman–Crippen LogP) is 2.27. The summed E-state index contributed by atoms with van der Waals surface area (Å²) in [6.45, 7) is 9.13. The number of rotatable bonds is 1. The van der Waals surface area contributed by atoms with E-state index in [0.717, 1.165) is 31.6 Å². The van der Waals surface area contributed by atoms with Gasteiger partial charge in [-0.2, -0.15) is 10.4 Å². The van der Waals surface area contributed by atoms with Gasteiger partial charge in [-0.3, -0.25) is 9.48 Å². The van der Waals surface area contributed by atoms with E-state index in [1.165, 1.54) is 0 Å². The molecule has 1 aromatic heterocycles. The third kappa shape index (κ3) is 3.57. The van der Waals surface area contributed by atoms with Crippen LogP contribution in [0.1, 0.15) is 51.0 Å². The normalized spacial score (nSPS) is 15.4. The van der Waals surface area contributed by atoms with Gasteiger partial charge in [-0.25, -0.2) is 0 Å². The first kappa shape index (κ1) is 15.2. The zero-order valence-corrected chi connectivity index (χ0v) is 12.2. The molecule has 1 aliphatic heterocycles. The van der Waals surface area contributed by atoms with Crippen LogP contribution in [0.2, 0.25) is 0 Å². The van der Waals surface area contributed by atoms with Crippen molar-refractivity contribution in [1.82, 2.24) is 14.7 Å². The zero-order chi connectivity index (χ0) is 14.4. The average molecular weight is 262 g/mol. The molecule has 19 heavy (non-hydrogen) atoms. The van der Waals surface area contributed by atoms with Crippen LogP contribution < -0.4 is 0 Å². The Balaban J connectivity index is 0.000000861. The van der Waals surface area contributed by atoms with Gasteiger partial charge in [0.15, 0.2) is 5.69 Å². The lowest BCUT2D eigenvalue weighted by molar-refractivity contribution is -0.130. The van der Waals surface area contributed by atoms with E-state index >= 15 is 0 Å². The number of nitrogens with zero attached hydrogens (tertiary/aromatic N) is 4. The molecule has 0 aromatic carbocycles. The SMILES string of the molecule is CC.CC(=O)N1CCC(n2nc(C#N)cc2C)CC1. The molecule has 1 amide bonds. The van der Waals surface area contributed by atoms with Gasteiger partial charge in [0.2, 0.25) is 5.91 Å². The van der Waals surface area contributed by atoms with Gasteiger partial charge in [0.25, 0.3) is 0 Å². The molecule has 0 aliphatic carbocycles. The quantitative estimate of drug-likeness (QED) is 0.780. The van der Waals surface area contributed by atoms with Crippen molar-refractivity contribution in [3.8, 4) is 6.07 Å². The molecule has 1 saturated heterocycles. The summed E-state index contributed by atoms with van der Waals surface area (Å²) in [7, 11) is 0. The third-order valence-corrected chi connectivity index (χ3v) is 3.29. The number of hydrogen-bond acceptors (Lipinski definition) is 3. The second-order valence-corrected chi connectivity index (χ2v) is 4.46. The summed E-state index contributed by atoms with van der Waals surface area (Å²) in [5.74, 6) is 0.137. The van der Waals surface area contributed by atoms with Gasteiger partial charge in [0, 0.05) is 25.7 Å². The monoisotopic (exact) mass is 262 g/mol. The predicted molar refractivity (Wildman–Crippen MR) is 73.6 cm³/mol. The van der Waals surface area contributed by atoms with Crippen molar-refractivity contribution >= 4 is 5.91 Å². The summed E-state index contributed by atoms with van der Waals surface area (Å²) in [5.41, 5.74) is 1.49. The summed E-state index contributed by atoms with van der Waals surface area (Å²) < 4.78 is 1.93. The molecule has 0 saturated carbocycles. The molecule has 1 fully saturated rings. The fraction of sp³-hybridized carbons (Fsp3) is 0.643. The topological polar surface area (TPSA) is 61.9 Å². The standard InChI is InChI=1S/C12H16N4O.C2H6/c1-9-7-11(8-13)14-16(9)12-3-5-15(6-4-12)10(2)17;1-2/h7,12H,3-6H2,1-2H3;1-2H3. The van der Waals surface area contributed by atoms with E-state index in [4.69, 9.17) is 5.26 Å². The Morgan fingerprint density at radius 3 is 2.42 bits per heavy atom. The number of carbonyl (C=O) groups excluding carboxylic acids is 1. The first-order valence-corrected chi connectivity index (χ1v) is 6.83. The van der Waals surface area contributed by atoms with Crippen LogP contribution >= 0.6 is 0 Å². The number of likely N-dealkylation sites (tertiary alicyclic amines) is 1. The van der Waals surface area contributed by atoms with Gasteiger partial charge >= 0.3 is 0 Å². The first-order valence-electron chi connectivity index (χ1n) is 6.83. The van der Waals surface area contributed by atoms with Gasteiger partial charge in [0.05, 0.1) is 6.04 Å².